The number of aromatic nitrogens is 1. The lowest BCUT2D eigenvalue weighted by atomic mass is 9.96. The lowest BCUT2D eigenvalue weighted by molar-refractivity contribution is -0.146. The zero-order chi connectivity index (χ0) is 34.0. The highest BCUT2D eigenvalue weighted by atomic mass is 16.2. The van der Waals surface area contributed by atoms with Crippen molar-refractivity contribution in [3.8, 4) is 0 Å². The van der Waals surface area contributed by atoms with E-state index >= 15 is 0 Å². The molecule has 0 aliphatic heterocycles. The number of carbonyl (C=O) groups is 3. The van der Waals surface area contributed by atoms with Crippen molar-refractivity contribution in [1.29, 1.82) is 0 Å². The summed E-state index contributed by atoms with van der Waals surface area (Å²) in [5, 5.41) is 5.18. The van der Waals surface area contributed by atoms with E-state index in [9.17, 15) is 14.4 Å². The number of carbonyl (C=O) groups excluding carboxylic acids is 3. The molecule has 3 aromatic carbocycles. The molecule has 0 spiro atoms. The lowest BCUT2D eigenvalue weighted by Gasteiger charge is -2.34. The van der Waals surface area contributed by atoms with Gasteiger partial charge in [-0.05, 0) is 73.2 Å². The smallest absolute Gasteiger partial charge is 0.246 e. The van der Waals surface area contributed by atoms with E-state index < -0.39 is 17.6 Å². The van der Waals surface area contributed by atoms with Crippen LogP contribution in [0.15, 0.2) is 109 Å². The number of rotatable bonds is 14. The highest BCUT2D eigenvalue weighted by molar-refractivity contribution is 5.95. The summed E-state index contributed by atoms with van der Waals surface area (Å²) in [5.74, 6) is -0.858. The van der Waals surface area contributed by atoms with Crippen LogP contribution in [0.4, 0.5) is 0 Å². The van der Waals surface area contributed by atoms with Gasteiger partial charge in [-0.25, -0.2) is 0 Å². The Morgan fingerprint density at radius 2 is 1.45 bits per heavy atom. The van der Waals surface area contributed by atoms with Crippen molar-refractivity contribution in [2.75, 3.05) is 20.6 Å². The van der Waals surface area contributed by atoms with Gasteiger partial charge in [-0.1, -0.05) is 78.4 Å². The Morgan fingerprint density at radius 1 is 0.809 bits per heavy atom. The maximum Gasteiger partial charge on any atom is 0.246 e. The Bertz CT molecular complexity index is 1680. The van der Waals surface area contributed by atoms with Gasteiger partial charge in [-0.2, -0.15) is 0 Å². The third-order valence-electron chi connectivity index (χ3n) is 8.30. The van der Waals surface area contributed by atoms with Crippen LogP contribution in [-0.4, -0.2) is 70.8 Å². The van der Waals surface area contributed by atoms with Crippen LogP contribution in [-0.2, 0) is 33.6 Å². The first-order chi connectivity index (χ1) is 22.4. The first-order valence-electron chi connectivity index (χ1n) is 16.1. The second-order valence-electron chi connectivity index (χ2n) is 13.1. The summed E-state index contributed by atoms with van der Waals surface area (Å²) in [6.45, 7) is 6.11. The van der Waals surface area contributed by atoms with Crippen molar-refractivity contribution >= 4 is 28.5 Å². The molecular formula is C39H47N5O3. The molecule has 4 aromatic rings. The maximum atomic E-state index is 14.5. The normalized spacial score (nSPS) is 13.1. The number of nitrogens with two attached hydrogens (primary N) is 1. The quantitative estimate of drug-likeness (QED) is 0.188. The van der Waals surface area contributed by atoms with Crippen LogP contribution in [0.1, 0.15) is 43.9 Å². The predicted molar refractivity (Wildman–Crippen MR) is 189 cm³/mol. The molecule has 4 rings (SSSR count). The molecule has 47 heavy (non-hydrogen) atoms. The van der Waals surface area contributed by atoms with E-state index in [-0.39, 0.29) is 24.1 Å². The second-order valence-corrected chi connectivity index (χ2v) is 13.1. The van der Waals surface area contributed by atoms with E-state index in [1.165, 1.54) is 9.80 Å². The third kappa shape index (κ3) is 10.3. The molecule has 1 heterocycles. The number of nitrogens with zero attached hydrogens (tertiary/aromatic N) is 3. The number of pyridine rings is 1. The number of benzene rings is 3. The molecule has 0 bridgehead atoms. The molecule has 2 atom stereocenters. The fourth-order valence-corrected chi connectivity index (χ4v) is 5.84. The predicted octanol–water partition coefficient (Wildman–Crippen LogP) is 5.11. The molecule has 2 unspecified atom stereocenters. The van der Waals surface area contributed by atoms with E-state index in [1.54, 1.807) is 32.6 Å². The fourth-order valence-electron chi connectivity index (χ4n) is 5.84. The van der Waals surface area contributed by atoms with Crippen molar-refractivity contribution in [2.45, 2.75) is 64.1 Å². The molecule has 0 aliphatic rings. The zero-order valence-electron chi connectivity index (χ0n) is 28.1. The SMILES string of the molecule is C/C(=C\C(=O)N(C)C(Cc1ccc2ccccc2c1)C(=O)N(C)C(Cc1ccccc1)C(=O)NCCc1ccncc1)CC(C)(C)N. The summed E-state index contributed by atoms with van der Waals surface area (Å²) in [4.78, 5) is 49.0. The minimum Gasteiger partial charge on any atom is -0.354 e. The topological polar surface area (TPSA) is 109 Å². The van der Waals surface area contributed by atoms with Crippen LogP contribution in [0.2, 0.25) is 0 Å². The van der Waals surface area contributed by atoms with Gasteiger partial charge in [0.25, 0.3) is 0 Å². The van der Waals surface area contributed by atoms with Gasteiger partial charge >= 0.3 is 0 Å². The Morgan fingerprint density at radius 3 is 2.13 bits per heavy atom. The van der Waals surface area contributed by atoms with Crippen LogP contribution in [0.25, 0.3) is 10.8 Å². The van der Waals surface area contributed by atoms with Crippen molar-refractivity contribution in [3.63, 3.8) is 0 Å². The molecule has 0 radical (unpaired) electrons. The van der Waals surface area contributed by atoms with Crippen LogP contribution >= 0.6 is 0 Å². The van der Waals surface area contributed by atoms with Gasteiger partial charge in [-0.3, -0.25) is 19.4 Å². The number of likely N-dealkylation sites (N-methyl/N-ethyl adjacent to an activating group) is 2. The number of amides is 3. The van der Waals surface area contributed by atoms with Crippen LogP contribution in [0, 0.1) is 0 Å². The van der Waals surface area contributed by atoms with E-state index in [4.69, 9.17) is 5.73 Å². The van der Waals surface area contributed by atoms with Gasteiger partial charge in [0.05, 0.1) is 0 Å². The first kappa shape index (κ1) is 35.0. The summed E-state index contributed by atoms with van der Waals surface area (Å²) in [6, 6.07) is 26.0. The lowest BCUT2D eigenvalue weighted by Crippen LogP contribution is -2.56. The molecule has 8 nitrogen and oxygen atoms in total. The fraction of sp³-hybridized carbons (Fsp3) is 0.333. The average molecular weight is 634 g/mol. The number of hydrogen-bond acceptors (Lipinski definition) is 5. The van der Waals surface area contributed by atoms with Crippen LogP contribution < -0.4 is 11.1 Å². The minimum atomic E-state index is -0.855. The van der Waals surface area contributed by atoms with E-state index in [1.807, 2.05) is 99.6 Å². The van der Waals surface area contributed by atoms with Gasteiger partial charge in [0.1, 0.15) is 12.1 Å². The van der Waals surface area contributed by atoms with Crippen molar-refractivity contribution in [1.82, 2.24) is 20.1 Å². The van der Waals surface area contributed by atoms with Crippen molar-refractivity contribution in [2.24, 2.45) is 5.73 Å². The monoisotopic (exact) mass is 633 g/mol. The first-order valence-corrected chi connectivity index (χ1v) is 16.1. The van der Waals surface area contributed by atoms with Gasteiger partial charge < -0.3 is 20.9 Å². The number of hydrogen-bond donors (Lipinski definition) is 2. The van der Waals surface area contributed by atoms with Crippen molar-refractivity contribution < 1.29 is 14.4 Å². The summed E-state index contributed by atoms with van der Waals surface area (Å²) in [5.41, 5.74) is 9.47. The Balaban J connectivity index is 1.63. The molecular weight excluding hydrogens is 586 g/mol. The summed E-state index contributed by atoms with van der Waals surface area (Å²) >= 11 is 0. The molecule has 0 fully saturated rings. The molecule has 0 aliphatic carbocycles. The molecule has 3 N–H and O–H groups in total. The molecule has 3 amide bonds. The zero-order valence-corrected chi connectivity index (χ0v) is 28.1. The molecule has 0 saturated carbocycles. The Kier molecular flexibility index (Phi) is 12.0. The minimum absolute atomic E-state index is 0.252. The van der Waals surface area contributed by atoms with E-state index in [0.717, 1.165) is 33.0 Å². The molecule has 246 valence electrons. The maximum absolute atomic E-state index is 14.5. The standard InChI is InChI=1S/C39H47N5O3/c1-28(27-39(2,3)40)23-36(45)43(4)35(26-31-15-16-32-13-9-10-14-33(32)24-31)38(47)44(5)34(25-30-11-7-6-8-12-30)37(46)42-22-19-29-17-20-41-21-18-29/h6-18,20-21,23-24,34-35H,19,22,25-27,40H2,1-5H3,(H,42,46)/b28-23+. The number of fused-ring (bicyclic) bond motifs is 1. The number of nitrogens with one attached hydrogen (secondary N) is 1. The highest BCUT2D eigenvalue weighted by Gasteiger charge is 2.35. The summed E-state index contributed by atoms with van der Waals surface area (Å²) in [7, 11) is 3.31. The highest BCUT2D eigenvalue weighted by Crippen LogP contribution is 2.21. The Labute approximate surface area is 278 Å². The Hall–Kier alpha value is -4.82. The van der Waals surface area contributed by atoms with Crippen LogP contribution in [0.5, 0.6) is 0 Å². The van der Waals surface area contributed by atoms with Gasteiger partial charge in [0.15, 0.2) is 0 Å². The van der Waals surface area contributed by atoms with E-state index in [2.05, 4.69) is 16.4 Å². The van der Waals surface area contributed by atoms with E-state index in [0.29, 0.717) is 25.8 Å². The largest absolute Gasteiger partial charge is 0.354 e. The van der Waals surface area contributed by atoms with Crippen LogP contribution in [0.3, 0.4) is 0 Å². The van der Waals surface area contributed by atoms with Gasteiger partial charge in [0, 0.05) is 57.5 Å². The van der Waals surface area contributed by atoms with Gasteiger partial charge in [-0.15, -0.1) is 0 Å². The average Bonchev–Trinajstić information content (AvgIpc) is 3.05. The second kappa shape index (κ2) is 16.1. The summed E-state index contributed by atoms with van der Waals surface area (Å²) in [6.07, 6.45) is 6.79. The third-order valence-corrected chi connectivity index (χ3v) is 8.30. The summed E-state index contributed by atoms with van der Waals surface area (Å²) < 4.78 is 0. The van der Waals surface area contributed by atoms with Crippen molar-refractivity contribution in [3.05, 3.63) is 126 Å². The molecule has 0 saturated heterocycles. The van der Waals surface area contributed by atoms with Gasteiger partial charge in [0.2, 0.25) is 17.7 Å². The molecule has 8 heteroatoms. The molecule has 1 aromatic heterocycles.